The first-order valence-corrected chi connectivity index (χ1v) is 12.6. The highest BCUT2D eigenvalue weighted by atomic mass is 16.5. The normalized spacial score (nSPS) is 13.3. The highest BCUT2D eigenvalue weighted by Crippen LogP contribution is 2.25. The Hall–Kier alpha value is -1.64. The van der Waals surface area contributed by atoms with Gasteiger partial charge >= 0.3 is 0 Å². The van der Waals surface area contributed by atoms with Crippen molar-refractivity contribution >= 4 is 23.3 Å². The van der Waals surface area contributed by atoms with Crippen LogP contribution in [-0.4, -0.2) is 80.9 Å². The van der Waals surface area contributed by atoms with E-state index in [-0.39, 0.29) is 80.8 Å². The van der Waals surface area contributed by atoms with Crippen LogP contribution in [0.1, 0.15) is 75.2 Å². The molecule has 8 heteroatoms. The Morgan fingerprint density at radius 2 is 1.23 bits per heavy atom. The second kappa shape index (κ2) is 15.5. The molecule has 0 heterocycles. The van der Waals surface area contributed by atoms with Gasteiger partial charge in [-0.25, -0.2) is 0 Å². The van der Waals surface area contributed by atoms with Crippen molar-refractivity contribution < 1.29 is 33.4 Å². The first-order chi connectivity index (χ1) is 16.0. The number of likely N-dealkylation sites (N-methyl/N-ethyl adjacent to an activating group) is 1. The Bertz CT molecular complexity index is 698. The monoisotopic (exact) mass is 499 g/mol. The molecule has 0 spiro atoms. The predicted molar refractivity (Wildman–Crippen MR) is 136 cm³/mol. The second-order valence-electron chi connectivity index (χ2n) is 11.3. The minimum absolute atomic E-state index is 0.0339. The molecule has 204 valence electrons. The highest BCUT2D eigenvalue weighted by Gasteiger charge is 2.36. The fraction of sp³-hybridized carbons (Fsp3) is 0.852. The van der Waals surface area contributed by atoms with Gasteiger partial charge < -0.3 is 19.1 Å². The van der Waals surface area contributed by atoms with Crippen LogP contribution in [0.25, 0.3) is 0 Å². The van der Waals surface area contributed by atoms with E-state index < -0.39 is 10.8 Å². The van der Waals surface area contributed by atoms with Gasteiger partial charge in [-0.3, -0.25) is 19.2 Å². The summed E-state index contributed by atoms with van der Waals surface area (Å²) in [5.41, 5.74) is -1.47. The number of carbonyl (C=O) groups is 4. The van der Waals surface area contributed by atoms with Crippen molar-refractivity contribution in [2.75, 3.05) is 46.7 Å². The van der Waals surface area contributed by atoms with Crippen LogP contribution < -0.4 is 0 Å². The molecule has 0 saturated carbocycles. The number of ketones is 3. The number of Topliss-reactive ketones (excluding diaryl/α,β-unsaturated/α-hetero) is 3. The molecule has 0 aromatic heterocycles. The van der Waals surface area contributed by atoms with Gasteiger partial charge in [0.05, 0.1) is 51.1 Å². The molecule has 0 fully saturated rings. The molecule has 0 saturated heterocycles. The van der Waals surface area contributed by atoms with E-state index in [1.807, 2.05) is 41.5 Å². The summed E-state index contributed by atoms with van der Waals surface area (Å²) >= 11 is 0. The molecule has 0 aromatic rings. The Morgan fingerprint density at radius 1 is 0.743 bits per heavy atom. The van der Waals surface area contributed by atoms with Crippen LogP contribution in [0.4, 0.5) is 0 Å². The zero-order valence-electron chi connectivity index (χ0n) is 23.7. The number of hydrogen-bond acceptors (Lipinski definition) is 7. The molecule has 1 amide bonds. The van der Waals surface area contributed by atoms with Crippen molar-refractivity contribution in [2.45, 2.75) is 81.2 Å². The van der Waals surface area contributed by atoms with Crippen molar-refractivity contribution in [3.05, 3.63) is 0 Å². The molecule has 0 aliphatic rings. The van der Waals surface area contributed by atoms with Gasteiger partial charge in [-0.2, -0.15) is 0 Å². The van der Waals surface area contributed by atoms with Crippen LogP contribution in [0.5, 0.6) is 0 Å². The lowest BCUT2D eigenvalue weighted by molar-refractivity contribution is -0.149. The smallest absolute Gasteiger partial charge is 0.230 e. The van der Waals surface area contributed by atoms with E-state index in [9.17, 15) is 19.2 Å². The number of rotatable bonds is 19. The Kier molecular flexibility index (Phi) is 14.7. The van der Waals surface area contributed by atoms with E-state index >= 15 is 0 Å². The Morgan fingerprint density at radius 3 is 1.69 bits per heavy atom. The molecular formula is C27H49NO7. The second-order valence-corrected chi connectivity index (χ2v) is 11.3. The molecular weight excluding hydrogens is 450 g/mol. The third-order valence-electron chi connectivity index (χ3n) is 5.92. The lowest BCUT2D eigenvalue weighted by atomic mass is 9.83. The fourth-order valence-corrected chi connectivity index (χ4v) is 3.51. The van der Waals surface area contributed by atoms with Gasteiger partial charge in [0.1, 0.15) is 17.3 Å². The Labute approximate surface area is 212 Å². The summed E-state index contributed by atoms with van der Waals surface area (Å²) in [4.78, 5) is 50.4. The summed E-state index contributed by atoms with van der Waals surface area (Å²) < 4.78 is 17.2. The first-order valence-electron chi connectivity index (χ1n) is 12.6. The molecule has 0 aliphatic heterocycles. The van der Waals surface area contributed by atoms with Crippen molar-refractivity contribution in [1.82, 2.24) is 4.90 Å². The molecule has 0 N–H and O–H groups in total. The average molecular weight is 500 g/mol. The largest absolute Gasteiger partial charge is 0.379 e. The van der Waals surface area contributed by atoms with Crippen LogP contribution in [-0.2, 0) is 33.4 Å². The number of ether oxygens (including phenoxy) is 3. The van der Waals surface area contributed by atoms with Gasteiger partial charge in [-0.1, -0.05) is 41.5 Å². The molecule has 0 radical (unpaired) electrons. The van der Waals surface area contributed by atoms with E-state index in [4.69, 9.17) is 14.2 Å². The number of hydrogen-bond donors (Lipinski definition) is 0. The van der Waals surface area contributed by atoms with Crippen LogP contribution in [0.3, 0.4) is 0 Å². The highest BCUT2D eigenvalue weighted by molar-refractivity contribution is 5.86. The van der Waals surface area contributed by atoms with Crippen molar-refractivity contribution in [2.24, 2.45) is 22.7 Å². The first kappa shape index (κ1) is 33.4. The summed E-state index contributed by atoms with van der Waals surface area (Å²) in [6, 6.07) is -0.387. The molecule has 0 aliphatic carbocycles. The summed E-state index contributed by atoms with van der Waals surface area (Å²) in [6.45, 7) is 17.6. The summed E-state index contributed by atoms with van der Waals surface area (Å²) in [5.74, 6) is -0.00120. The average Bonchev–Trinajstić information content (AvgIpc) is 2.75. The van der Waals surface area contributed by atoms with Crippen LogP contribution in [0.2, 0.25) is 0 Å². The van der Waals surface area contributed by atoms with Crippen LogP contribution >= 0.6 is 0 Å². The van der Waals surface area contributed by atoms with Crippen molar-refractivity contribution in [3.8, 4) is 0 Å². The van der Waals surface area contributed by atoms with E-state index in [0.717, 1.165) is 0 Å². The van der Waals surface area contributed by atoms with Gasteiger partial charge in [0, 0.05) is 37.1 Å². The summed E-state index contributed by atoms with van der Waals surface area (Å²) in [6.07, 6.45) is 0.621. The third kappa shape index (κ3) is 12.8. The van der Waals surface area contributed by atoms with E-state index in [2.05, 4.69) is 0 Å². The quantitative estimate of drug-likeness (QED) is 0.250. The predicted octanol–water partition coefficient (Wildman–Crippen LogP) is 3.74. The van der Waals surface area contributed by atoms with E-state index in [0.29, 0.717) is 12.8 Å². The SMILES string of the molecule is CC(=O)CCOCC(COCCC(=O)C(C)C)N(C)C(=O)C(C)(C)COCC(C)(C)C(=O)C(C)C. The van der Waals surface area contributed by atoms with E-state index in [1.165, 1.54) is 6.92 Å². The minimum Gasteiger partial charge on any atom is -0.379 e. The summed E-state index contributed by atoms with van der Waals surface area (Å²) in [7, 11) is 1.69. The minimum atomic E-state index is -0.836. The molecule has 35 heavy (non-hydrogen) atoms. The maximum Gasteiger partial charge on any atom is 0.230 e. The van der Waals surface area contributed by atoms with Gasteiger partial charge in [-0.15, -0.1) is 0 Å². The lowest BCUT2D eigenvalue weighted by Gasteiger charge is -2.35. The van der Waals surface area contributed by atoms with Gasteiger partial charge in [0.2, 0.25) is 5.91 Å². The zero-order chi connectivity index (χ0) is 27.4. The number of amides is 1. The third-order valence-corrected chi connectivity index (χ3v) is 5.92. The fourth-order valence-electron chi connectivity index (χ4n) is 3.51. The van der Waals surface area contributed by atoms with Gasteiger partial charge in [0.15, 0.2) is 0 Å². The van der Waals surface area contributed by atoms with Gasteiger partial charge in [-0.05, 0) is 20.8 Å². The summed E-state index contributed by atoms with van der Waals surface area (Å²) in [5, 5.41) is 0. The maximum atomic E-state index is 13.3. The lowest BCUT2D eigenvalue weighted by Crippen LogP contribution is -2.50. The van der Waals surface area contributed by atoms with Crippen LogP contribution in [0.15, 0.2) is 0 Å². The van der Waals surface area contributed by atoms with Crippen molar-refractivity contribution in [3.63, 3.8) is 0 Å². The standard InChI is InChI=1S/C27H49NO7/c1-19(2)23(30)12-14-34-16-22(15-33-13-11-21(5)29)28(10)25(32)27(8,9)18-35-17-26(6,7)24(31)20(3)4/h19-20,22H,11-18H2,1-10H3. The topological polar surface area (TPSA) is 99.2 Å². The molecule has 0 rings (SSSR count). The van der Waals surface area contributed by atoms with Crippen LogP contribution in [0, 0.1) is 22.7 Å². The van der Waals surface area contributed by atoms with E-state index in [1.54, 1.807) is 25.8 Å². The van der Waals surface area contributed by atoms with Crippen molar-refractivity contribution in [1.29, 1.82) is 0 Å². The molecule has 0 bridgehead atoms. The molecule has 1 atom stereocenters. The molecule has 0 aromatic carbocycles. The Balaban J connectivity index is 5.08. The molecule has 1 unspecified atom stereocenters. The zero-order valence-corrected chi connectivity index (χ0v) is 23.7. The van der Waals surface area contributed by atoms with Gasteiger partial charge in [0.25, 0.3) is 0 Å². The maximum absolute atomic E-state index is 13.3. The number of carbonyl (C=O) groups excluding carboxylic acids is 4. The molecule has 8 nitrogen and oxygen atoms in total. The number of nitrogens with zero attached hydrogens (tertiary/aromatic N) is 1.